The zero-order chi connectivity index (χ0) is 15.2. The van der Waals surface area contributed by atoms with Gasteiger partial charge in [-0.25, -0.2) is 0 Å². The molecule has 120 valence electrons. The van der Waals surface area contributed by atoms with Gasteiger partial charge in [0.05, 0.1) is 22.4 Å². The first-order chi connectivity index (χ1) is 10.1. The van der Waals surface area contributed by atoms with Gasteiger partial charge in [0.1, 0.15) is 0 Å². The zero-order valence-electron chi connectivity index (χ0n) is 13.4. The molecule has 1 fully saturated rings. The van der Waals surface area contributed by atoms with E-state index in [0.717, 1.165) is 28.4 Å². The highest BCUT2D eigenvalue weighted by Crippen LogP contribution is 2.34. The van der Waals surface area contributed by atoms with Crippen molar-refractivity contribution in [2.75, 3.05) is 12.3 Å². The largest absolute Gasteiger partial charge is 0.308 e. The highest BCUT2D eigenvalue weighted by atomic mass is 79.9. The van der Waals surface area contributed by atoms with Gasteiger partial charge in [-0.05, 0) is 55.6 Å². The molecule has 0 aromatic carbocycles. The van der Waals surface area contributed by atoms with Crippen molar-refractivity contribution in [3.63, 3.8) is 0 Å². The first-order valence-electron chi connectivity index (χ1n) is 8.21. The molecule has 1 N–H and O–H groups in total. The Kier molecular flexibility index (Phi) is 7.10. The SMILES string of the molecule is CCCNC(CSC1CCCC1)c1c(Br)cnn1C(C)C. The number of halogens is 1. The van der Waals surface area contributed by atoms with E-state index in [1.54, 1.807) is 0 Å². The fourth-order valence-electron chi connectivity index (χ4n) is 2.93. The predicted octanol–water partition coefficient (Wildman–Crippen LogP) is 4.94. The first-order valence-corrected chi connectivity index (χ1v) is 10.1. The molecule has 1 unspecified atom stereocenters. The number of nitrogens with one attached hydrogen (secondary N) is 1. The van der Waals surface area contributed by atoms with Crippen molar-refractivity contribution in [1.29, 1.82) is 0 Å². The third-order valence-corrected chi connectivity index (χ3v) is 6.13. The van der Waals surface area contributed by atoms with Gasteiger partial charge in [0.2, 0.25) is 0 Å². The van der Waals surface area contributed by atoms with Crippen LogP contribution in [-0.4, -0.2) is 27.3 Å². The maximum atomic E-state index is 4.54. The van der Waals surface area contributed by atoms with Gasteiger partial charge in [0.15, 0.2) is 0 Å². The van der Waals surface area contributed by atoms with Crippen molar-refractivity contribution >= 4 is 27.7 Å². The maximum absolute atomic E-state index is 4.54. The molecule has 0 saturated heterocycles. The van der Waals surface area contributed by atoms with Crippen LogP contribution in [0.4, 0.5) is 0 Å². The smallest absolute Gasteiger partial charge is 0.0707 e. The number of rotatable bonds is 8. The molecule has 1 atom stereocenters. The van der Waals surface area contributed by atoms with E-state index in [2.05, 4.69) is 63.6 Å². The molecule has 0 amide bonds. The molecule has 1 heterocycles. The van der Waals surface area contributed by atoms with Crippen molar-refractivity contribution < 1.29 is 0 Å². The molecule has 1 aromatic heterocycles. The Morgan fingerprint density at radius 1 is 1.43 bits per heavy atom. The van der Waals surface area contributed by atoms with E-state index in [-0.39, 0.29) is 0 Å². The second kappa shape index (κ2) is 8.59. The first kappa shape index (κ1) is 17.4. The summed E-state index contributed by atoms with van der Waals surface area (Å²) in [7, 11) is 0. The minimum atomic E-state index is 0.384. The van der Waals surface area contributed by atoms with Crippen molar-refractivity contribution in [2.24, 2.45) is 0 Å². The molecular formula is C16H28BrN3S. The molecule has 1 saturated carbocycles. The third kappa shape index (κ3) is 4.73. The summed E-state index contributed by atoms with van der Waals surface area (Å²) in [5.74, 6) is 1.14. The average Bonchev–Trinajstić information content (AvgIpc) is 3.09. The lowest BCUT2D eigenvalue weighted by atomic mass is 10.2. The monoisotopic (exact) mass is 373 g/mol. The molecule has 0 spiro atoms. The summed E-state index contributed by atoms with van der Waals surface area (Å²) in [6, 6.07) is 0.781. The molecule has 3 nitrogen and oxygen atoms in total. The van der Waals surface area contributed by atoms with Gasteiger partial charge in [-0.1, -0.05) is 19.8 Å². The van der Waals surface area contributed by atoms with Crippen LogP contribution in [0, 0.1) is 0 Å². The molecule has 0 aliphatic heterocycles. The summed E-state index contributed by atoms with van der Waals surface area (Å²) in [5.41, 5.74) is 1.31. The Morgan fingerprint density at radius 2 is 2.14 bits per heavy atom. The normalized spacial score (nSPS) is 17.8. The number of aromatic nitrogens is 2. The van der Waals surface area contributed by atoms with E-state index < -0.39 is 0 Å². The van der Waals surface area contributed by atoms with Crippen LogP contribution in [0.1, 0.15) is 70.7 Å². The molecule has 1 aromatic rings. The second-order valence-corrected chi connectivity index (χ2v) is 8.35. The van der Waals surface area contributed by atoms with Crippen molar-refractivity contribution in [1.82, 2.24) is 15.1 Å². The molecule has 5 heteroatoms. The molecule has 21 heavy (non-hydrogen) atoms. The van der Waals surface area contributed by atoms with Crippen LogP contribution in [0.2, 0.25) is 0 Å². The molecule has 2 rings (SSSR count). The fraction of sp³-hybridized carbons (Fsp3) is 0.812. The zero-order valence-corrected chi connectivity index (χ0v) is 15.8. The standard InChI is InChI=1S/C16H28BrN3S/c1-4-9-18-15(11-21-13-7-5-6-8-13)16-14(17)10-19-20(16)12(2)3/h10,12-13,15,18H,4-9,11H2,1-3H3. The van der Waals surface area contributed by atoms with Crippen LogP contribution in [0.15, 0.2) is 10.7 Å². The van der Waals surface area contributed by atoms with E-state index >= 15 is 0 Å². The van der Waals surface area contributed by atoms with Crippen molar-refractivity contribution in [2.45, 2.75) is 70.2 Å². The summed E-state index contributed by atoms with van der Waals surface area (Å²) in [6.45, 7) is 7.68. The fourth-order valence-corrected chi connectivity index (χ4v) is 4.89. The van der Waals surface area contributed by atoms with E-state index in [1.165, 1.54) is 31.4 Å². The van der Waals surface area contributed by atoms with Gasteiger partial charge < -0.3 is 5.32 Å². The summed E-state index contributed by atoms with van der Waals surface area (Å²) >= 11 is 5.84. The summed E-state index contributed by atoms with van der Waals surface area (Å²) in [5, 5.41) is 9.13. The lowest BCUT2D eigenvalue weighted by molar-refractivity contribution is 0.461. The van der Waals surface area contributed by atoms with E-state index in [4.69, 9.17) is 0 Å². The highest BCUT2D eigenvalue weighted by Gasteiger charge is 2.23. The van der Waals surface area contributed by atoms with Gasteiger partial charge in [-0.2, -0.15) is 16.9 Å². The third-order valence-electron chi connectivity index (χ3n) is 4.05. The average molecular weight is 374 g/mol. The van der Waals surface area contributed by atoms with Crippen LogP contribution in [-0.2, 0) is 0 Å². The van der Waals surface area contributed by atoms with E-state index in [9.17, 15) is 0 Å². The predicted molar refractivity (Wildman–Crippen MR) is 96.1 cm³/mol. The quantitative estimate of drug-likeness (QED) is 0.699. The van der Waals surface area contributed by atoms with E-state index in [0.29, 0.717) is 12.1 Å². The van der Waals surface area contributed by atoms with Gasteiger partial charge >= 0.3 is 0 Å². The Hall–Kier alpha value is 0. The second-order valence-electron chi connectivity index (χ2n) is 6.16. The van der Waals surface area contributed by atoms with Crippen molar-refractivity contribution in [3.8, 4) is 0 Å². The van der Waals surface area contributed by atoms with E-state index in [1.807, 2.05) is 6.20 Å². The molecule has 1 aliphatic carbocycles. The molecule has 0 radical (unpaired) electrons. The number of hydrogen-bond acceptors (Lipinski definition) is 3. The van der Waals surface area contributed by atoms with Crippen molar-refractivity contribution in [3.05, 3.63) is 16.4 Å². The summed E-state index contributed by atoms with van der Waals surface area (Å²) in [4.78, 5) is 0. The van der Waals surface area contributed by atoms with Crippen LogP contribution in [0.25, 0.3) is 0 Å². The highest BCUT2D eigenvalue weighted by molar-refractivity contribution is 9.10. The van der Waals surface area contributed by atoms with Crippen LogP contribution < -0.4 is 5.32 Å². The van der Waals surface area contributed by atoms with Gasteiger partial charge in [0.25, 0.3) is 0 Å². The Bertz CT molecular complexity index is 427. The molecule has 1 aliphatic rings. The van der Waals surface area contributed by atoms with Crippen LogP contribution >= 0.6 is 27.7 Å². The molecule has 0 bridgehead atoms. The Balaban J connectivity index is 2.08. The number of nitrogens with zero attached hydrogens (tertiary/aromatic N) is 2. The van der Waals surface area contributed by atoms with Gasteiger partial charge in [-0.15, -0.1) is 0 Å². The minimum absolute atomic E-state index is 0.384. The van der Waals surface area contributed by atoms with Gasteiger partial charge in [-0.3, -0.25) is 4.68 Å². The molecular weight excluding hydrogens is 346 g/mol. The maximum Gasteiger partial charge on any atom is 0.0707 e. The topological polar surface area (TPSA) is 29.9 Å². The lowest BCUT2D eigenvalue weighted by Gasteiger charge is -2.23. The minimum Gasteiger partial charge on any atom is -0.308 e. The summed E-state index contributed by atoms with van der Waals surface area (Å²) < 4.78 is 3.30. The van der Waals surface area contributed by atoms with Crippen LogP contribution in [0.5, 0.6) is 0 Å². The van der Waals surface area contributed by atoms with Gasteiger partial charge in [0, 0.05) is 17.0 Å². The lowest BCUT2D eigenvalue weighted by Crippen LogP contribution is -2.28. The Labute approximate surface area is 141 Å². The number of hydrogen-bond donors (Lipinski definition) is 1. The Morgan fingerprint density at radius 3 is 2.76 bits per heavy atom. The number of thioether (sulfide) groups is 1. The summed E-state index contributed by atoms with van der Waals surface area (Å²) in [6.07, 6.45) is 8.73. The van der Waals surface area contributed by atoms with Crippen LogP contribution in [0.3, 0.4) is 0 Å².